The minimum Gasteiger partial charge on any atom is -0.319 e. The molecule has 1 aliphatic carbocycles. The van der Waals surface area contributed by atoms with Crippen LogP contribution in [0.15, 0.2) is 24.3 Å². The predicted molar refractivity (Wildman–Crippen MR) is 72.0 cm³/mol. The Morgan fingerprint density at radius 2 is 2.10 bits per heavy atom. The van der Waals surface area contributed by atoms with Crippen LogP contribution in [0.2, 0.25) is 0 Å². The molecule has 3 rings (SSSR count). The minimum absolute atomic E-state index is 0.0293. The summed E-state index contributed by atoms with van der Waals surface area (Å²) < 4.78 is 0. The number of imide groups is 1. The number of benzene rings is 1. The topological polar surface area (TPSA) is 66.5 Å². The number of fused-ring (bicyclic) bond motifs is 2. The van der Waals surface area contributed by atoms with Crippen molar-refractivity contribution in [3.05, 3.63) is 35.4 Å². The predicted octanol–water partition coefficient (Wildman–Crippen LogP) is 1.36. The number of carbonyl (C=O) groups excluding carboxylic acids is 3. The maximum Gasteiger partial charge on any atom is 0.325 e. The van der Waals surface area contributed by atoms with Crippen LogP contribution in [0.25, 0.3) is 0 Å². The maximum atomic E-state index is 12.6. The molecule has 5 nitrogen and oxygen atoms in total. The Hall–Kier alpha value is -2.17. The van der Waals surface area contributed by atoms with Crippen molar-refractivity contribution in [1.82, 2.24) is 10.2 Å². The molecule has 1 heterocycles. The van der Waals surface area contributed by atoms with Gasteiger partial charge in [-0.2, -0.15) is 0 Å². The first-order valence-electron chi connectivity index (χ1n) is 6.76. The molecule has 0 bridgehead atoms. The Kier molecular flexibility index (Phi) is 2.85. The van der Waals surface area contributed by atoms with Crippen molar-refractivity contribution in [2.24, 2.45) is 0 Å². The number of rotatable bonds is 3. The van der Waals surface area contributed by atoms with Crippen LogP contribution in [0.4, 0.5) is 4.79 Å². The highest BCUT2D eigenvalue weighted by Crippen LogP contribution is 2.41. The molecule has 1 fully saturated rings. The van der Waals surface area contributed by atoms with E-state index in [1.54, 1.807) is 0 Å². The monoisotopic (exact) mass is 272 g/mol. The van der Waals surface area contributed by atoms with E-state index in [0.717, 1.165) is 17.5 Å². The molecule has 20 heavy (non-hydrogen) atoms. The zero-order valence-corrected chi connectivity index (χ0v) is 11.3. The van der Waals surface area contributed by atoms with Crippen LogP contribution in [0.5, 0.6) is 0 Å². The summed E-state index contributed by atoms with van der Waals surface area (Å²) in [5.41, 5.74) is 1.09. The molecule has 1 N–H and O–H groups in total. The third kappa shape index (κ3) is 1.73. The fourth-order valence-corrected chi connectivity index (χ4v) is 3.06. The van der Waals surface area contributed by atoms with Gasteiger partial charge >= 0.3 is 6.03 Å². The Balaban J connectivity index is 1.92. The van der Waals surface area contributed by atoms with Gasteiger partial charge in [-0.3, -0.25) is 14.5 Å². The third-order valence-electron chi connectivity index (χ3n) is 4.11. The van der Waals surface area contributed by atoms with Crippen LogP contribution < -0.4 is 5.32 Å². The first kappa shape index (κ1) is 12.8. The fraction of sp³-hybridized carbons (Fsp3) is 0.400. The average Bonchev–Trinajstić information content (AvgIpc) is 2.89. The summed E-state index contributed by atoms with van der Waals surface area (Å²) in [4.78, 5) is 36.9. The van der Waals surface area contributed by atoms with Gasteiger partial charge in [-0.25, -0.2) is 4.79 Å². The van der Waals surface area contributed by atoms with Crippen molar-refractivity contribution < 1.29 is 14.4 Å². The number of nitrogens with one attached hydrogen (secondary N) is 1. The van der Waals surface area contributed by atoms with Gasteiger partial charge in [0.25, 0.3) is 5.91 Å². The van der Waals surface area contributed by atoms with Crippen molar-refractivity contribution in [2.75, 3.05) is 6.54 Å². The smallest absolute Gasteiger partial charge is 0.319 e. The van der Waals surface area contributed by atoms with Crippen molar-refractivity contribution in [3.8, 4) is 0 Å². The molecule has 1 aromatic carbocycles. The van der Waals surface area contributed by atoms with E-state index in [1.807, 2.05) is 24.3 Å². The van der Waals surface area contributed by atoms with Gasteiger partial charge in [-0.15, -0.1) is 0 Å². The highest BCUT2D eigenvalue weighted by molar-refractivity contribution is 6.08. The van der Waals surface area contributed by atoms with E-state index < -0.39 is 11.6 Å². The van der Waals surface area contributed by atoms with Gasteiger partial charge in [0, 0.05) is 13.0 Å². The Morgan fingerprint density at radius 1 is 1.35 bits per heavy atom. The number of aryl methyl sites for hydroxylation is 1. The van der Waals surface area contributed by atoms with Crippen LogP contribution in [0.1, 0.15) is 30.9 Å². The van der Waals surface area contributed by atoms with Crippen LogP contribution in [0.3, 0.4) is 0 Å². The molecule has 1 aliphatic heterocycles. The highest BCUT2D eigenvalue weighted by Gasteiger charge is 2.54. The molecular formula is C15H16N2O3. The molecule has 1 atom stereocenters. The molecule has 3 amide bonds. The van der Waals surface area contributed by atoms with E-state index in [0.29, 0.717) is 6.42 Å². The molecule has 0 radical (unpaired) electrons. The molecule has 0 saturated carbocycles. The lowest BCUT2D eigenvalue weighted by Crippen LogP contribution is -2.42. The third-order valence-corrected chi connectivity index (χ3v) is 4.11. The average molecular weight is 272 g/mol. The van der Waals surface area contributed by atoms with E-state index in [2.05, 4.69) is 5.32 Å². The van der Waals surface area contributed by atoms with Crippen LogP contribution in [-0.4, -0.2) is 29.2 Å². The van der Waals surface area contributed by atoms with Crippen molar-refractivity contribution in [3.63, 3.8) is 0 Å². The molecule has 0 aromatic heterocycles. The van der Waals surface area contributed by atoms with Gasteiger partial charge in [-0.05, 0) is 30.9 Å². The minimum atomic E-state index is -0.912. The fourth-order valence-electron chi connectivity index (χ4n) is 3.06. The summed E-state index contributed by atoms with van der Waals surface area (Å²) in [6.07, 6.45) is 1.58. The van der Waals surface area contributed by atoms with E-state index in [-0.39, 0.29) is 24.7 Å². The molecule has 5 heteroatoms. The number of hydrogen-bond acceptors (Lipinski definition) is 3. The van der Waals surface area contributed by atoms with Crippen LogP contribution in [-0.2, 0) is 21.5 Å². The number of Topliss-reactive ketones (excluding diaryl/α,β-unsaturated/α-hetero) is 1. The van der Waals surface area contributed by atoms with Crippen molar-refractivity contribution >= 4 is 17.7 Å². The molecule has 1 unspecified atom stereocenters. The lowest BCUT2D eigenvalue weighted by molar-refractivity contribution is -0.131. The summed E-state index contributed by atoms with van der Waals surface area (Å²) in [5, 5.41) is 2.84. The summed E-state index contributed by atoms with van der Waals surface area (Å²) in [6.45, 7) is 1.61. The van der Waals surface area contributed by atoms with E-state index >= 15 is 0 Å². The van der Waals surface area contributed by atoms with E-state index in [1.165, 1.54) is 11.8 Å². The Bertz CT molecular complexity index is 611. The molecule has 1 spiro atoms. The number of nitrogens with zero attached hydrogens (tertiary/aromatic N) is 1. The van der Waals surface area contributed by atoms with Gasteiger partial charge in [0.2, 0.25) is 0 Å². The van der Waals surface area contributed by atoms with Gasteiger partial charge in [-0.1, -0.05) is 24.3 Å². The Labute approximate surface area is 116 Å². The van der Waals surface area contributed by atoms with Gasteiger partial charge in [0.05, 0.1) is 0 Å². The molecule has 104 valence electrons. The first-order valence-corrected chi connectivity index (χ1v) is 6.76. The van der Waals surface area contributed by atoms with Crippen LogP contribution in [0, 0.1) is 0 Å². The lowest BCUT2D eigenvalue weighted by Gasteiger charge is -2.22. The second kappa shape index (κ2) is 4.44. The number of urea groups is 1. The number of ketones is 1. The Morgan fingerprint density at radius 3 is 2.85 bits per heavy atom. The molecule has 1 aromatic rings. The highest BCUT2D eigenvalue weighted by atomic mass is 16.2. The largest absolute Gasteiger partial charge is 0.325 e. The molecular weight excluding hydrogens is 256 g/mol. The van der Waals surface area contributed by atoms with Crippen LogP contribution >= 0.6 is 0 Å². The number of hydrogen-bond donors (Lipinski definition) is 1. The van der Waals surface area contributed by atoms with Crippen molar-refractivity contribution in [2.45, 2.75) is 31.7 Å². The second-order valence-corrected chi connectivity index (χ2v) is 5.40. The van der Waals surface area contributed by atoms with E-state index in [9.17, 15) is 14.4 Å². The molecule has 1 saturated heterocycles. The summed E-state index contributed by atoms with van der Waals surface area (Å²) in [6, 6.07) is 7.31. The molecule has 2 aliphatic rings. The number of carbonyl (C=O) groups is 3. The quantitative estimate of drug-likeness (QED) is 0.845. The van der Waals surface area contributed by atoms with Crippen molar-refractivity contribution in [1.29, 1.82) is 0 Å². The summed E-state index contributed by atoms with van der Waals surface area (Å²) in [5.74, 6) is -0.257. The lowest BCUT2D eigenvalue weighted by atomic mass is 9.92. The zero-order valence-electron chi connectivity index (χ0n) is 11.3. The zero-order chi connectivity index (χ0) is 14.3. The SMILES string of the molecule is CC(=O)CCN1C(=O)NC2(CCc3ccccc32)C1=O. The van der Waals surface area contributed by atoms with Gasteiger partial charge < -0.3 is 5.32 Å². The van der Waals surface area contributed by atoms with Gasteiger partial charge in [0.1, 0.15) is 11.3 Å². The van der Waals surface area contributed by atoms with Gasteiger partial charge in [0.15, 0.2) is 0 Å². The second-order valence-electron chi connectivity index (χ2n) is 5.40. The summed E-state index contributed by atoms with van der Waals surface area (Å²) in [7, 11) is 0. The first-order chi connectivity index (χ1) is 9.54. The normalized spacial score (nSPS) is 24.1. The maximum absolute atomic E-state index is 12.6. The van der Waals surface area contributed by atoms with E-state index in [4.69, 9.17) is 0 Å². The summed E-state index contributed by atoms with van der Waals surface area (Å²) >= 11 is 0. The standard InChI is InChI=1S/C15H16N2O3/c1-10(18)7-9-17-13(19)15(16-14(17)20)8-6-11-4-2-3-5-12(11)15/h2-5H,6-9H2,1H3,(H,16,20). The number of amides is 3.